The van der Waals surface area contributed by atoms with Crippen molar-refractivity contribution in [2.45, 2.75) is 44.0 Å². The van der Waals surface area contributed by atoms with Gasteiger partial charge in [-0.3, -0.25) is 10.4 Å². The van der Waals surface area contributed by atoms with Crippen LogP contribution in [-0.2, 0) is 0 Å². The minimum Gasteiger partial charge on any atom is -0.368 e. The van der Waals surface area contributed by atoms with E-state index < -0.39 is 6.23 Å². The Balaban J connectivity index is 1.51. The summed E-state index contributed by atoms with van der Waals surface area (Å²) in [5.41, 5.74) is 12.2. The van der Waals surface area contributed by atoms with Crippen LogP contribution in [0, 0.1) is 0 Å². The molecule has 8 heteroatoms. The van der Waals surface area contributed by atoms with Gasteiger partial charge in [-0.1, -0.05) is 31.0 Å². The van der Waals surface area contributed by atoms with E-state index in [0.717, 1.165) is 41.4 Å². The minimum atomic E-state index is -0.945. The standard InChI is InChI=1S/C22H25N7O/c23-16-6-2-4-8-18(16)27-19-10-14-11-25-29-22(30)20(14)21(28-19)26-15-9-13-5-1-3-7-17(13)24-12-15/h1,3,5,7,9-12,16,18,22,29-30H,2,4,6,8,23H2,(H2,26,27,28). The molecule has 0 amide bonds. The fourth-order valence-corrected chi connectivity index (χ4v) is 4.18. The van der Waals surface area contributed by atoms with Crippen LogP contribution in [0.25, 0.3) is 10.9 Å². The van der Waals surface area contributed by atoms with Crippen LogP contribution in [0.5, 0.6) is 0 Å². The number of rotatable bonds is 4. The number of aliphatic hydroxyl groups is 1. The molecule has 1 fully saturated rings. The number of nitrogens with two attached hydrogens (primary N) is 1. The van der Waals surface area contributed by atoms with E-state index in [1.54, 1.807) is 12.4 Å². The Kier molecular flexibility index (Phi) is 4.94. The number of pyridine rings is 2. The monoisotopic (exact) mass is 403 g/mol. The molecule has 5 rings (SSSR count). The maximum Gasteiger partial charge on any atom is 0.169 e. The first kappa shape index (κ1) is 18.8. The predicted octanol–water partition coefficient (Wildman–Crippen LogP) is 2.98. The van der Waals surface area contributed by atoms with Gasteiger partial charge in [-0.15, -0.1) is 0 Å². The molecule has 1 saturated carbocycles. The number of benzene rings is 1. The Bertz CT molecular complexity index is 1100. The lowest BCUT2D eigenvalue weighted by molar-refractivity contribution is 0.139. The molecule has 2 aliphatic rings. The molecule has 3 atom stereocenters. The van der Waals surface area contributed by atoms with Crippen LogP contribution in [0.3, 0.4) is 0 Å². The average molecular weight is 403 g/mol. The number of hydrogen-bond donors (Lipinski definition) is 5. The zero-order valence-corrected chi connectivity index (χ0v) is 16.5. The Hall–Kier alpha value is -3.23. The summed E-state index contributed by atoms with van der Waals surface area (Å²) >= 11 is 0. The van der Waals surface area contributed by atoms with Crippen LogP contribution < -0.4 is 21.8 Å². The van der Waals surface area contributed by atoms with E-state index >= 15 is 0 Å². The first-order chi connectivity index (χ1) is 14.7. The van der Waals surface area contributed by atoms with Crippen molar-refractivity contribution >= 4 is 34.4 Å². The quantitative estimate of drug-likeness (QED) is 0.454. The number of fused-ring (bicyclic) bond motifs is 2. The Labute approximate surface area is 174 Å². The summed E-state index contributed by atoms with van der Waals surface area (Å²) in [5.74, 6) is 1.27. The molecule has 0 bridgehead atoms. The van der Waals surface area contributed by atoms with Crippen molar-refractivity contribution in [1.82, 2.24) is 15.4 Å². The molecular weight excluding hydrogens is 378 g/mol. The van der Waals surface area contributed by atoms with Gasteiger partial charge in [0.2, 0.25) is 0 Å². The summed E-state index contributed by atoms with van der Waals surface area (Å²) < 4.78 is 0. The minimum absolute atomic E-state index is 0.110. The number of hydrazone groups is 1. The topological polar surface area (TPSA) is 120 Å². The molecule has 8 nitrogen and oxygen atoms in total. The van der Waals surface area contributed by atoms with Gasteiger partial charge >= 0.3 is 0 Å². The van der Waals surface area contributed by atoms with Gasteiger partial charge in [0, 0.05) is 23.0 Å². The molecule has 3 unspecified atom stereocenters. The van der Waals surface area contributed by atoms with Gasteiger partial charge in [-0.2, -0.15) is 5.10 Å². The lowest BCUT2D eigenvalue weighted by Crippen LogP contribution is -2.42. The second-order valence-corrected chi connectivity index (χ2v) is 7.89. The summed E-state index contributed by atoms with van der Waals surface area (Å²) in [6.45, 7) is 0. The smallest absolute Gasteiger partial charge is 0.169 e. The van der Waals surface area contributed by atoms with Crippen molar-refractivity contribution in [1.29, 1.82) is 0 Å². The van der Waals surface area contributed by atoms with Crippen LogP contribution in [0.15, 0.2) is 47.7 Å². The highest BCUT2D eigenvalue weighted by Gasteiger charge is 2.25. The number of nitrogens with zero attached hydrogens (tertiary/aromatic N) is 3. The maximum absolute atomic E-state index is 10.5. The fourth-order valence-electron chi connectivity index (χ4n) is 4.18. The van der Waals surface area contributed by atoms with E-state index in [1.807, 2.05) is 36.4 Å². The Morgan fingerprint density at radius 1 is 1.13 bits per heavy atom. The second kappa shape index (κ2) is 7.89. The van der Waals surface area contributed by atoms with Gasteiger partial charge in [0.05, 0.1) is 29.2 Å². The predicted molar refractivity (Wildman–Crippen MR) is 119 cm³/mol. The van der Waals surface area contributed by atoms with Crippen molar-refractivity contribution < 1.29 is 5.11 Å². The van der Waals surface area contributed by atoms with E-state index in [-0.39, 0.29) is 12.1 Å². The summed E-state index contributed by atoms with van der Waals surface area (Å²) in [4.78, 5) is 9.28. The third kappa shape index (κ3) is 3.67. The molecule has 3 heterocycles. The fraction of sp³-hybridized carbons (Fsp3) is 0.318. The number of para-hydroxylation sites is 1. The molecule has 1 aromatic carbocycles. The Morgan fingerprint density at radius 2 is 2.00 bits per heavy atom. The highest BCUT2D eigenvalue weighted by atomic mass is 16.3. The summed E-state index contributed by atoms with van der Waals surface area (Å²) in [6, 6.07) is 12.2. The summed E-state index contributed by atoms with van der Waals surface area (Å²) in [6.07, 6.45) is 6.89. The van der Waals surface area contributed by atoms with E-state index in [0.29, 0.717) is 17.2 Å². The molecule has 30 heavy (non-hydrogen) atoms. The number of hydrogen-bond acceptors (Lipinski definition) is 8. The van der Waals surface area contributed by atoms with E-state index in [2.05, 4.69) is 26.1 Å². The van der Waals surface area contributed by atoms with Gasteiger partial charge in [-0.25, -0.2) is 4.98 Å². The molecule has 3 aromatic rings. The van der Waals surface area contributed by atoms with Crippen LogP contribution >= 0.6 is 0 Å². The van der Waals surface area contributed by atoms with Crippen LogP contribution in [-0.4, -0.2) is 33.4 Å². The highest BCUT2D eigenvalue weighted by molar-refractivity contribution is 5.88. The molecule has 0 spiro atoms. The van der Waals surface area contributed by atoms with Crippen molar-refractivity contribution in [2.75, 3.05) is 10.6 Å². The molecule has 1 aliphatic heterocycles. The van der Waals surface area contributed by atoms with Crippen molar-refractivity contribution in [2.24, 2.45) is 10.8 Å². The highest BCUT2D eigenvalue weighted by Crippen LogP contribution is 2.31. The van der Waals surface area contributed by atoms with Crippen molar-refractivity contribution in [3.05, 3.63) is 53.7 Å². The third-order valence-corrected chi connectivity index (χ3v) is 5.77. The average Bonchev–Trinajstić information content (AvgIpc) is 2.75. The van der Waals surface area contributed by atoms with Gasteiger partial charge in [-0.05, 0) is 31.0 Å². The molecule has 2 aromatic heterocycles. The zero-order chi connectivity index (χ0) is 20.5. The Morgan fingerprint density at radius 3 is 2.90 bits per heavy atom. The van der Waals surface area contributed by atoms with Crippen LogP contribution in [0.2, 0.25) is 0 Å². The van der Waals surface area contributed by atoms with Gasteiger partial charge in [0.1, 0.15) is 11.6 Å². The SMILES string of the molecule is NC1CCCCC1Nc1cc2c(c(Nc3cnc4ccccc4c3)n1)C(O)NN=C2. The van der Waals surface area contributed by atoms with Crippen molar-refractivity contribution in [3.8, 4) is 0 Å². The largest absolute Gasteiger partial charge is 0.368 e. The lowest BCUT2D eigenvalue weighted by Gasteiger charge is -2.30. The molecular formula is C22H25N7O. The first-order valence-corrected chi connectivity index (χ1v) is 10.3. The van der Waals surface area contributed by atoms with E-state index in [1.165, 1.54) is 6.42 Å². The number of anilines is 3. The van der Waals surface area contributed by atoms with Crippen molar-refractivity contribution in [3.63, 3.8) is 0 Å². The van der Waals surface area contributed by atoms with Gasteiger partial charge in [0.25, 0.3) is 0 Å². The molecule has 0 saturated heterocycles. The van der Waals surface area contributed by atoms with Gasteiger partial charge in [0.15, 0.2) is 6.23 Å². The van der Waals surface area contributed by atoms with Gasteiger partial charge < -0.3 is 21.5 Å². The first-order valence-electron chi connectivity index (χ1n) is 10.3. The lowest BCUT2D eigenvalue weighted by atomic mass is 9.91. The zero-order valence-electron chi connectivity index (χ0n) is 16.5. The summed E-state index contributed by atoms with van der Waals surface area (Å²) in [7, 11) is 0. The normalized spacial score (nSPS) is 22.9. The number of nitrogens with one attached hydrogen (secondary N) is 3. The number of aromatic nitrogens is 2. The number of aliphatic hydroxyl groups excluding tert-OH is 1. The van der Waals surface area contributed by atoms with Crippen LogP contribution in [0.1, 0.15) is 43.0 Å². The second-order valence-electron chi connectivity index (χ2n) is 7.89. The van der Waals surface area contributed by atoms with E-state index in [4.69, 9.17) is 10.7 Å². The van der Waals surface area contributed by atoms with Crippen LogP contribution in [0.4, 0.5) is 17.3 Å². The van der Waals surface area contributed by atoms with E-state index in [9.17, 15) is 5.11 Å². The molecule has 1 aliphatic carbocycles. The molecule has 0 radical (unpaired) electrons. The summed E-state index contributed by atoms with van der Waals surface area (Å²) in [5, 5.41) is 22.4. The molecule has 154 valence electrons. The maximum atomic E-state index is 10.5. The molecule has 6 N–H and O–H groups in total. The third-order valence-electron chi connectivity index (χ3n) is 5.77.